The third kappa shape index (κ3) is 4.42. The number of nitro groups is 1. The quantitative estimate of drug-likeness (QED) is 0.269. The van der Waals surface area contributed by atoms with Gasteiger partial charge in [0.2, 0.25) is 0 Å². The number of rotatable bonds is 4. The van der Waals surface area contributed by atoms with Gasteiger partial charge in [-0.05, 0) is 31.6 Å². The van der Waals surface area contributed by atoms with Gasteiger partial charge in [0.1, 0.15) is 0 Å². The number of hydrogen-bond donors (Lipinski definition) is 4. The summed E-state index contributed by atoms with van der Waals surface area (Å²) in [6.45, 7) is 3.32. The number of nitrogens with zero attached hydrogens (tertiary/aromatic N) is 1. The van der Waals surface area contributed by atoms with Gasteiger partial charge >= 0.3 is 0 Å². The molecule has 0 aliphatic carbocycles. The van der Waals surface area contributed by atoms with Crippen LogP contribution in [0.4, 0.5) is 5.69 Å². The number of carbonyl (C=O) groups excluding carboxylic acids is 2. The molecule has 0 saturated carbocycles. The first-order valence-electron chi connectivity index (χ1n) is 7.59. The lowest BCUT2D eigenvalue weighted by molar-refractivity contribution is -0.384. The van der Waals surface area contributed by atoms with Crippen molar-refractivity contribution in [2.75, 3.05) is 0 Å². The molecule has 0 bridgehead atoms. The van der Waals surface area contributed by atoms with E-state index in [0.717, 1.165) is 0 Å². The van der Waals surface area contributed by atoms with Gasteiger partial charge in [-0.15, -0.1) is 0 Å². The summed E-state index contributed by atoms with van der Waals surface area (Å²) < 4.78 is 0. The lowest BCUT2D eigenvalue weighted by atomic mass is 9.95. The normalized spacial score (nSPS) is 16.7. The first kappa shape index (κ1) is 19.1. The molecule has 26 heavy (non-hydrogen) atoms. The van der Waals surface area contributed by atoms with Crippen molar-refractivity contribution in [3.8, 4) is 0 Å². The first-order valence-corrected chi connectivity index (χ1v) is 8.00. The van der Waals surface area contributed by atoms with Crippen molar-refractivity contribution >= 4 is 34.8 Å². The zero-order chi connectivity index (χ0) is 19.3. The molecule has 1 aliphatic heterocycles. The van der Waals surface area contributed by atoms with Crippen molar-refractivity contribution in [3.05, 3.63) is 63.4 Å². The van der Waals surface area contributed by atoms with E-state index in [1.54, 1.807) is 19.9 Å². The number of nitrogens with one attached hydrogen (secondary N) is 4. The summed E-state index contributed by atoms with van der Waals surface area (Å²) >= 11 is 5.12. The van der Waals surface area contributed by atoms with Crippen molar-refractivity contribution in [2.45, 2.75) is 19.9 Å². The Morgan fingerprint density at radius 2 is 2.08 bits per heavy atom. The Morgan fingerprint density at radius 1 is 1.35 bits per heavy atom. The van der Waals surface area contributed by atoms with Gasteiger partial charge < -0.3 is 10.6 Å². The molecule has 1 aliphatic rings. The molecule has 0 radical (unpaired) electrons. The van der Waals surface area contributed by atoms with E-state index >= 15 is 0 Å². The molecule has 10 heteroatoms. The number of thiocarbonyl (C=S) groups is 1. The topological polar surface area (TPSA) is 125 Å². The van der Waals surface area contributed by atoms with Crippen LogP contribution in [-0.4, -0.2) is 21.9 Å². The van der Waals surface area contributed by atoms with Gasteiger partial charge in [-0.2, -0.15) is 0 Å². The molecule has 136 valence electrons. The highest BCUT2D eigenvalue weighted by molar-refractivity contribution is 7.80. The monoisotopic (exact) mass is 375 g/mol. The van der Waals surface area contributed by atoms with E-state index in [-0.39, 0.29) is 16.4 Å². The summed E-state index contributed by atoms with van der Waals surface area (Å²) in [5.41, 5.74) is 5.69. The first-order chi connectivity index (χ1) is 12.3. The fraction of sp³-hybridized carbons (Fsp3) is 0.188. The smallest absolute Gasteiger partial charge is 0.269 e. The predicted molar refractivity (Wildman–Crippen MR) is 98.5 cm³/mol. The Labute approximate surface area is 154 Å². The molecule has 1 aromatic carbocycles. The number of non-ortho nitro benzene ring substituents is 1. The average molecular weight is 375 g/mol. The van der Waals surface area contributed by atoms with Crippen LogP contribution in [0.3, 0.4) is 0 Å². The summed E-state index contributed by atoms with van der Waals surface area (Å²) in [5.74, 6) is -1.06. The van der Waals surface area contributed by atoms with Gasteiger partial charge in [-0.25, -0.2) is 0 Å². The van der Waals surface area contributed by atoms with Crippen LogP contribution < -0.4 is 21.5 Å². The van der Waals surface area contributed by atoms with Gasteiger partial charge in [-0.1, -0.05) is 18.2 Å². The van der Waals surface area contributed by atoms with Gasteiger partial charge in [-0.3, -0.25) is 30.6 Å². The van der Waals surface area contributed by atoms with Crippen LogP contribution in [0.2, 0.25) is 0 Å². The van der Waals surface area contributed by atoms with Crippen molar-refractivity contribution in [1.29, 1.82) is 0 Å². The second-order valence-corrected chi connectivity index (χ2v) is 5.77. The van der Waals surface area contributed by atoms with Crippen molar-refractivity contribution in [1.82, 2.24) is 21.5 Å². The number of allylic oxidation sites excluding steroid dienone is 2. The molecular formula is C16H17N5O4S. The average Bonchev–Trinajstić information content (AvgIpc) is 2.59. The molecule has 0 spiro atoms. The number of carbonyl (C=O) groups is 2. The third-order valence-electron chi connectivity index (χ3n) is 3.55. The summed E-state index contributed by atoms with van der Waals surface area (Å²) in [6.07, 6.45) is 2.78. The van der Waals surface area contributed by atoms with Crippen LogP contribution in [0.15, 0.2) is 47.7 Å². The molecule has 0 aromatic heterocycles. The van der Waals surface area contributed by atoms with Crippen molar-refractivity contribution < 1.29 is 14.5 Å². The fourth-order valence-corrected chi connectivity index (χ4v) is 2.71. The van der Waals surface area contributed by atoms with Crippen LogP contribution in [0.5, 0.6) is 0 Å². The summed E-state index contributed by atoms with van der Waals surface area (Å²) in [6, 6.07) is 5.19. The highest BCUT2D eigenvalue weighted by Gasteiger charge is 2.30. The Kier molecular flexibility index (Phi) is 6.02. The minimum absolute atomic E-state index is 0.104. The summed E-state index contributed by atoms with van der Waals surface area (Å²) in [4.78, 5) is 34.5. The van der Waals surface area contributed by atoms with Gasteiger partial charge in [0.25, 0.3) is 17.5 Å². The van der Waals surface area contributed by atoms with Crippen LogP contribution >= 0.6 is 12.2 Å². The molecule has 2 rings (SSSR count). The standard InChI is InChI=1S/C16H17N5O4S/c1-3-5-12(22)19-20-15(23)13-9(2)17-16(26)18-14(13)10-6-4-7-11(8-10)21(24)25/h3-8,14H,1-2H3,(H,19,22)(H,20,23)(H2,17,18,26). The maximum atomic E-state index is 12.6. The van der Waals surface area contributed by atoms with Crippen molar-refractivity contribution in [2.24, 2.45) is 0 Å². The minimum atomic E-state index is -0.706. The van der Waals surface area contributed by atoms with E-state index in [1.807, 2.05) is 0 Å². The SMILES string of the molecule is CC=CC(=O)NNC(=O)C1=C(C)NC(=S)NC1c1cccc([N+](=O)[O-])c1. The fourth-order valence-electron chi connectivity index (χ4n) is 2.44. The van der Waals surface area contributed by atoms with E-state index < -0.39 is 22.8 Å². The largest absolute Gasteiger partial charge is 0.351 e. The maximum Gasteiger partial charge on any atom is 0.269 e. The number of amides is 2. The molecule has 0 fully saturated rings. The summed E-state index contributed by atoms with van der Waals surface area (Å²) in [7, 11) is 0. The molecule has 1 aromatic rings. The molecule has 0 saturated heterocycles. The number of benzene rings is 1. The second kappa shape index (κ2) is 8.21. The number of hydrogen-bond acceptors (Lipinski definition) is 5. The Bertz CT molecular complexity index is 834. The molecule has 1 atom stereocenters. The van der Waals surface area contributed by atoms with Crippen LogP contribution in [0, 0.1) is 10.1 Å². The zero-order valence-corrected chi connectivity index (χ0v) is 14.8. The van der Waals surface area contributed by atoms with Crippen LogP contribution in [0.1, 0.15) is 25.5 Å². The second-order valence-electron chi connectivity index (χ2n) is 5.37. The Balaban J connectivity index is 2.34. The predicted octanol–water partition coefficient (Wildman–Crippen LogP) is 1.11. The van der Waals surface area contributed by atoms with E-state index in [2.05, 4.69) is 21.5 Å². The molecule has 1 unspecified atom stereocenters. The van der Waals surface area contributed by atoms with Gasteiger partial charge in [0.05, 0.1) is 16.5 Å². The number of hydrazine groups is 1. The molecule has 9 nitrogen and oxygen atoms in total. The molecule has 2 amide bonds. The third-order valence-corrected chi connectivity index (χ3v) is 3.77. The van der Waals surface area contributed by atoms with E-state index in [1.165, 1.54) is 30.4 Å². The van der Waals surface area contributed by atoms with Gasteiger partial charge in [0, 0.05) is 23.9 Å². The summed E-state index contributed by atoms with van der Waals surface area (Å²) in [5, 5.41) is 17.1. The molecular weight excluding hydrogens is 358 g/mol. The highest BCUT2D eigenvalue weighted by atomic mass is 32.1. The molecule has 4 N–H and O–H groups in total. The molecule has 1 heterocycles. The number of nitro benzene ring substituents is 1. The van der Waals surface area contributed by atoms with E-state index in [0.29, 0.717) is 11.3 Å². The lowest BCUT2D eigenvalue weighted by Crippen LogP contribution is -2.49. The minimum Gasteiger partial charge on any atom is -0.351 e. The van der Waals surface area contributed by atoms with E-state index in [9.17, 15) is 19.7 Å². The Morgan fingerprint density at radius 3 is 2.73 bits per heavy atom. The Hall–Kier alpha value is -3.27. The van der Waals surface area contributed by atoms with Gasteiger partial charge in [0.15, 0.2) is 5.11 Å². The van der Waals surface area contributed by atoms with Crippen LogP contribution in [0.25, 0.3) is 0 Å². The van der Waals surface area contributed by atoms with Crippen LogP contribution in [-0.2, 0) is 9.59 Å². The maximum absolute atomic E-state index is 12.6. The zero-order valence-electron chi connectivity index (χ0n) is 14.0. The highest BCUT2D eigenvalue weighted by Crippen LogP contribution is 2.28. The lowest BCUT2D eigenvalue weighted by Gasteiger charge is -2.30. The van der Waals surface area contributed by atoms with Crippen molar-refractivity contribution in [3.63, 3.8) is 0 Å². The van der Waals surface area contributed by atoms with E-state index in [4.69, 9.17) is 12.2 Å².